The summed E-state index contributed by atoms with van der Waals surface area (Å²) in [6.45, 7) is 5.39. The molecule has 1 aliphatic rings. The van der Waals surface area contributed by atoms with Gasteiger partial charge in [-0.1, -0.05) is 43.1 Å². The molecule has 140 valence electrons. The maximum Gasteiger partial charge on any atom is 0.293 e. The number of carbonyl (C=O) groups is 1. The number of likely N-dealkylation sites (tertiary alicyclic amines) is 1. The molecule has 2 aromatic rings. The molecule has 1 saturated heterocycles. The summed E-state index contributed by atoms with van der Waals surface area (Å²) in [5.74, 6) is 0.760. The second-order valence-electron chi connectivity index (χ2n) is 6.79. The van der Waals surface area contributed by atoms with Gasteiger partial charge in [-0.05, 0) is 32.0 Å². The van der Waals surface area contributed by atoms with Gasteiger partial charge in [-0.25, -0.2) is 9.67 Å². The van der Waals surface area contributed by atoms with E-state index < -0.39 is 0 Å². The van der Waals surface area contributed by atoms with Crippen molar-refractivity contribution in [1.82, 2.24) is 25.0 Å². The van der Waals surface area contributed by atoms with Crippen molar-refractivity contribution < 1.29 is 4.79 Å². The highest BCUT2D eigenvalue weighted by atomic mass is 35.5. The molecule has 1 amide bonds. The van der Waals surface area contributed by atoms with Gasteiger partial charge in [-0.3, -0.25) is 4.79 Å². The van der Waals surface area contributed by atoms with E-state index in [9.17, 15) is 4.79 Å². The summed E-state index contributed by atoms with van der Waals surface area (Å²) in [6.07, 6.45) is 1.85. The number of nitrogens with zero attached hydrogens (tertiary/aromatic N) is 4. The second kappa shape index (κ2) is 7.94. The minimum Gasteiger partial charge on any atom is -0.336 e. The molecule has 0 aliphatic carbocycles. The lowest BCUT2D eigenvalue weighted by Gasteiger charge is -2.31. The molecule has 0 saturated carbocycles. The molecule has 0 unspecified atom stereocenters. The highest BCUT2D eigenvalue weighted by Crippen LogP contribution is 2.30. The number of aromatic nitrogens is 3. The van der Waals surface area contributed by atoms with Crippen LogP contribution in [0.25, 0.3) is 5.69 Å². The van der Waals surface area contributed by atoms with Crippen LogP contribution in [0.15, 0.2) is 18.2 Å². The molecule has 1 aliphatic heterocycles. The van der Waals surface area contributed by atoms with Gasteiger partial charge in [-0.2, -0.15) is 0 Å². The Balaban J connectivity index is 1.94. The van der Waals surface area contributed by atoms with Crippen LogP contribution in [-0.4, -0.2) is 51.8 Å². The van der Waals surface area contributed by atoms with E-state index in [-0.39, 0.29) is 17.6 Å². The molecule has 1 fully saturated rings. The molecule has 2 heterocycles. The van der Waals surface area contributed by atoms with Gasteiger partial charge in [0.25, 0.3) is 5.91 Å². The Labute approximate surface area is 163 Å². The van der Waals surface area contributed by atoms with Crippen molar-refractivity contribution in [2.45, 2.75) is 38.6 Å². The van der Waals surface area contributed by atoms with Crippen LogP contribution in [0, 0.1) is 0 Å². The topological polar surface area (TPSA) is 63.1 Å². The third-order valence-electron chi connectivity index (χ3n) is 4.68. The summed E-state index contributed by atoms with van der Waals surface area (Å²) in [6, 6.07) is 5.73. The summed E-state index contributed by atoms with van der Waals surface area (Å²) in [7, 11) is 1.95. The van der Waals surface area contributed by atoms with E-state index in [2.05, 4.69) is 15.4 Å². The Hall–Kier alpha value is -1.63. The van der Waals surface area contributed by atoms with E-state index in [1.54, 1.807) is 22.9 Å². The van der Waals surface area contributed by atoms with Crippen molar-refractivity contribution in [3.8, 4) is 5.69 Å². The van der Waals surface area contributed by atoms with Crippen LogP contribution in [0.3, 0.4) is 0 Å². The SMILES string of the molecule is CNC1CCN(C(=O)c2nc(C(C)C)n(-c3c(Cl)cccc3Cl)n2)CC1. The highest BCUT2D eigenvalue weighted by molar-refractivity contribution is 6.37. The number of benzene rings is 1. The van der Waals surface area contributed by atoms with Crippen LogP contribution in [0.4, 0.5) is 0 Å². The third-order valence-corrected chi connectivity index (χ3v) is 5.29. The number of hydrogen-bond acceptors (Lipinski definition) is 4. The summed E-state index contributed by atoms with van der Waals surface area (Å²) in [5, 5.41) is 8.67. The van der Waals surface area contributed by atoms with Crippen molar-refractivity contribution in [1.29, 1.82) is 0 Å². The fourth-order valence-corrected chi connectivity index (χ4v) is 3.71. The van der Waals surface area contributed by atoms with Crippen molar-refractivity contribution in [2.24, 2.45) is 0 Å². The lowest BCUT2D eigenvalue weighted by atomic mass is 10.1. The first-order valence-corrected chi connectivity index (χ1v) is 9.55. The highest BCUT2D eigenvalue weighted by Gasteiger charge is 2.28. The zero-order chi connectivity index (χ0) is 18.8. The summed E-state index contributed by atoms with van der Waals surface area (Å²) >= 11 is 12.7. The van der Waals surface area contributed by atoms with E-state index in [0.29, 0.717) is 40.7 Å². The maximum atomic E-state index is 12.9. The van der Waals surface area contributed by atoms with Crippen LogP contribution >= 0.6 is 23.2 Å². The monoisotopic (exact) mass is 395 g/mol. The zero-order valence-corrected chi connectivity index (χ0v) is 16.7. The molecule has 8 heteroatoms. The first kappa shape index (κ1) is 19.1. The van der Waals surface area contributed by atoms with Gasteiger partial charge in [0, 0.05) is 25.0 Å². The summed E-state index contributed by atoms with van der Waals surface area (Å²) in [5.41, 5.74) is 0.556. The zero-order valence-electron chi connectivity index (χ0n) is 15.2. The smallest absolute Gasteiger partial charge is 0.293 e. The van der Waals surface area contributed by atoms with Crippen molar-refractivity contribution in [3.05, 3.63) is 39.9 Å². The molecule has 1 aromatic carbocycles. The molecule has 26 heavy (non-hydrogen) atoms. The second-order valence-corrected chi connectivity index (χ2v) is 7.60. The van der Waals surface area contributed by atoms with Gasteiger partial charge < -0.3 is 10.2 Å². The first-order valence-electron chi connectivity index (χ1n) is 8.80. The average molecular weight is 396 g/mol. The predicted molar refractivity (Wildman–Crippen MR) is 103 cm³/mol. The Bertz CT molecular complexity index is 777. The Morgan fingerprint density at radius 2 is 1.85 bits per heavy atom. The number of piperidine rings is 1. The van der Waals surface area contributed by atoms with Crippen LogP contribution in [-0.2, 0) is 0 Å². The van der Waals surface area contributed by atoms with E-state index in [1.165, 1.54) is 0 Å². The van der Waals surface area contributed by atoms with Gasteiger partial charge in [0.05, 0.1) is 10.0 Å². The Morgan fingerprint density at radius 1 is 1.23 bits per heavy atom. The van der Waals surface area contributed by atoms with Gasteiger partial charge in [-0.15, -0.1) is 5.10 Å². The standard InChI is InChI=1S/C18H23Cl2N5O/c1-11(2)17-22-16(18(26)24-9-7-12(21-3)8-10-24)23-25(17)15-13(19)5-4-6-14(15)20/h4-6,11-12,21H,7-10H2,1-3H3. The Morgan fingerprint density at radius 3 is 2.38 bits per heavy atom. The summed E-state index contributed by atoms with van der Waals surface area (Å²) in [4.78, 5) is 19.2. The molecule has 3 rings (SSSR count). The molecule has 1 aromatic heterocycles. The molecule has 0 bridgehead atoms. The number of amides is 1. The van der Waals surface area contributed by atoms with Gasteiger partial charge in [0.1, 0.15) is 11.5 Å². The minimum absolute atomic E-state index is 0.0615. The fourth-order valence-electron chi connectivity index (χ4n) is 3.16. The lowest BCUT2D eigenvalue weighted by molar-refractivity contribution is 0.0695. The van der Waals surface area contributed by atoms with Crippen molar-refractivity contribution in [3.63, 3.8) is 0 Å². The van der Waals surface area contributed by atoms with Crippen molar-refractivity contribution in [2.75, 3.05) is 20.1 Å². The Kier molecular flexibility index (Phi) is 5.85. The largest absolute Gasteiger partial charge is 0.336 e. The summed E-state index contributed by atoms with van der Waals surface area (Å²) < 4.78 is 1.60. The average Bonchev–Trinajstić information content (AvgIpc) is 3.06. The van der Waals surface area contributed by atoms with Crippen LogP contribution in [0.1, 0.15) is 49.1 Å². The molecule has 0 atom stereocenters. The van der Waals surface area contributed by atoms with Gasteiger partial charge in [0.2, 0.25) is 5.82 Å². The minimum atomic E-state index is -0.150. The van der Waals surface area contributed by atoms with E-state index in [0.717, 1.165) is 12.8 Å². The van der Waals surface area contributed by atoms with Crippen LogP contribution in [0.5, 0.6) is 0 Å². The maximum absolute atomic E-state index is 12.9. The first-order chi connectivity index (χ1) is 12.4. The molecule has 6 nitrogen and oxygen atoms in total. The molecule has 1 N–H and O–H groups in total. The van der Waals surface area contributed by atoms with Gasteiger partial charge >= 0.3 is 0 Å². The van der Waals surface area contributed by atoms with E-state index >= 15 is 0 Å². The molecule has 0 radical (unpaired) electrons. The van der Waals surface area contributed by atoms with Crippen LogP contribution in [0.2, 0.25) is 10.0 Å². The fraction of sp³-hybridized carbons (Fsp3) is 0.500. The molecular weight excluding hydrogens is 373 g/mol. The predicted octanol–water partition coefficient (Wildman–Crippen LogP) is 3.52. The number of carbonyl (C=O) groups excluding carboxylic acids is 1. The normalized spacial score (nSPS) is 15.7. The van der Waals surface area contributed by atoms with E-state index in [1.807, 2.05) is 25.8 Å². The number of nitrogens with one attached hydrogen (secondary N) is 1. The number of rotatable bonds is 4. The number of halogens is 2. The number of para-hydroxylation sites is 1. The molecule has 0 spiro atoms. The van der Waals surface area contributed by atoms with E-state index in [4.69, 9.17) is 23.2 Å². The quantitative estimate of drug-likeness (QED) is 0.859. The lowest BCUT2D eigenvalue weighted by Crippen LogP contribution is -2.44. The number of hydrogen-bond donors (Lipinski definition) is 1. The third kappa shape index (κ3) is 3.72. The van der Waals surface area contributed by atoms with Crippen LogP contribution < -0.4 is 5.32 Å². The van der Waals surface area contributed by atoms with Crippen molar-refractivity contribution >= 4 is 29.1 Å². The molecular formula is C18H23Cl2N5O. The van der Waals surface area contributed by atoms with Gasteiger partial charge in [0.15, 0.2) is 0 Å².